The molecule has 8 heteroatoms. The molecule has 0 saturated carbocycles. The molecule has 0 unspecified atom stereocenters. The number of benzene rings is 1. The van der Waals surface area contributed by atoms with Gasteiger partial charge in [0.15, 0.2) is 0 Å². The predicted octanol–water partition coefficient (Wildman–Crippen LogP) is 2.57. The summed E-state index contributed by atoms with van der Waals surface area (Å²) in [7, 11) is -2.08. The Morgan fingerprint density at radius 3 is 2.56 bits per heavy atom. The molecule has 1 aromatic heterocycles. The molecule has 2 heterocycles. The summed E-state index contributed by atoms with van der Waals surface area (Å²) in [6, 6.07) is 4.99. The number of nitrogens with one attached hydrogen (secondary N) is 1. The van der Waals surface area contributed by atoms with Crippen LogP contribution in [0.1, 0.15) is 36.1 Å². The number of ether oxygens (including phenoxy) is 1. The number of anilines is 1. The van der Waals surface area contributed by atoms with Crippen molar-refractivity contribution in [3.8, 4) is 5.75 Å². The Kier molecular flexibility index (Phi) is 5.96. The molecule has 2 aromatic rings. The van der Waals surface area contributed by atoms with Gasteiger partial charge in [-0.2, -0.15) is 0 Å². The fourth-order valence-electron chi connectivity index (χ4n) is 3.26. The number of hydrogen-bond donors (Lipinski definition) is 1. The fraction of sp³-hybridized carbons (Fsp3) is 0.474. The monoisotopic (exact) mass is 390 g/mol. The van der Waals surface area contributed by atoms with Gasteiger partial charge in [-0.05, 0) is 62.4 Å². The maximum Gasteiger partial charge on any atom is 0.241 e. The van der Waals surface area contributed by atoms with Crippen molar-refractivity contribution in [1.29, 1.82) is 0 Å². The van der Waals surface area contributed by atoms with Crippen LogP contribution in [0.3, 0.4) is 0 Å². The van der Waals surface area contributed by atoms with Crippen LogP contribution < -0.4 is 14.4 Å². The van der Waals surface area contributed by atoms with E-state index in [2.05, 4.69) is 19.6 Å². The van der Waals surface area contributed by atoms with Gasteiger partial charge in [0.25, 0.3) is 0 Å². The van der Waals surface area contributed by atoms with Crippen molar-refractivity contribution in [2.75, 3.05) is 25.1 Å². The molecule has 1 saturated heterocycles. The summed E-state index contributed by atoms with van der Waals surface area (Å²) in [5.41, 5.74) is 2.14. The highest BCUT2D eigenvalue weighted by Gasteiger charge is 2.20. The lowest BCUT2D eigenvalue weighted by atomic mass is 10.1. The molecule has 3 rings (SSSR count). The number of sulfonamides is 1. The quantitative estimate of drug-likeness (QED) is 0.816. The maximum absolute atomic E-state index is 12.8. The molecule has 146 valence electrons. The standard InChI is InChI=1S/C19H26N4O3S/c1-14-15(2)18(8-7-17(14)26-3)27(24,25)21-13-16-9-10-20-19(22-16)23-11-5-4-6-12-23/h7-10,21H,4-6,11-13H2,1-3H3. The van der Waals surface area contributed by atoms with E-state index < -0.39 is 10.0 Å². The van der Waals surface area contributed by atoms with Gasteiger partial charge in [-0.3, -0.25) is 0 Å². The van der Waals surface area contributed by atoms with Crippen LogP contribution in [-0.2, 0) is 16.6 Å². The van der Waals surface area contributed by atoms with Crippen LogP contribution in [0.25, 0.3) is 0 Å². The van der Waals surface area contributed by atoms with E-state index in [0.29, 0.717) is 23.0 Å². The van der Waals surface area contributed by atoms with Crippen molar-refractivity contribution < 1.29 is 13.2 Å². The van der Waals surface area contributed by atoms with Crippen molar-refractivity contribution in [2.24, 2.45) is 0 Å². The minimum Gasteiger partial charge on any atom is -0.496 e. The lowest BCUT2D eigenvalue weighted by Gasteiger charge is -2.26. The third-order valence-corrected chi connectivity index (χ3v) is 6.53. The molecule has 0 amide bonds. The first-order valence-corrected chi connectivity index (χ1v) is 10.6. The van der Waals surface area contributed by atoms with E-state index in [9.17, 15) is 8.42 Å². The zero-order chi connectivity index (χ0) is 19.4. The summed E-state index contributed by atoms with van der Waals surface area (Å²) < 4.78 is 33.4. The first-order chi connectivity index (χ1) is 12.9. The summed E-state index contributed by atoms with van der Waals surface area (Å²) in [4.78, 5) is 11.3. The second kappa shape index (κ2) is 8.22. The van der Waals surface area contributed by atoms with Gasteiger partial charge in [-0.1, -0.05) is 0 Å². The largest absolute Gasteiger partial charge is 0.496 e. The molecule has 1 aliphatic heterocycles. The molecule has 1 aromatic carbocycles. The van der Waals surface area contributed by atoms with Gasteiger partial charge in [0.1, 0.15) is 5.75 Å². The lowest BCUT2D eigenvalue weighted by molar-refractivity contribution is 0.410. The van der Waals surface area contributed by atoms with Crippen molar-refractivity contribution in [3.05, 3.63) is 41.2 Å². The van der Waals surface area contributed by atoms with Crippen LogP contribution in [-0.4, -0.2) is 38.6 Å². The van der Waals surface area contributed by atoms with E-state index in [1.807, 2.05) is 6.92 Å². The van der Waals surface area contributed by atoms with E-state index in [0.717, 1.165) is 31.5 Å². The summed E-state index contributed by atoms with van der Waals surface area (Å²) in [5, 5.41) is 0. The minimum atomic E-state index is -3.65. The van der Waals surface area contributed by atoms with Crippen LogP contribution >= 0.6 is 0 Å². The molecule has 7 nitrogen and oxygen atoms in total. The Morgan fingerprint density at radius 2 is 1.85 bits per heavy atom. The number of piperidine rings is 1. The lowest BCUT2D eigenvalue weighted by Crippen LogP contribution is -2.31. The van der Waals surface area contributed by atoms with Crippen molar-refractivity contribution >= 4 is 16.0 Å². The van der Waals surface area contributed by atoms with E-state index in [-0.39, 0.29) is 11.4 Å². The normalized spacial score (nSPS) is 15.0. The van der Waals surface area contributed by atoms with E-state index >= 15 is 0 Å². The average Bonchev–Trinajstić information content (AvgIpc) is 2.69. The molecule has 0 radical (unpaired) electrons. The second-order valence-electron chi connectivity index (χ2n) is 6.74. The van der Waals surface area contributed by atoms with Gasteiger partial charge in [0.2, 0.25) is 16.0 Å². The highest BCUT2D eigenvalue weighted by atomic mass is 32.2. The average molecular weight is 391 g/mol. The van der Waals surface area contributed by atoms with Crippen LogP contribution in [0.5, 0.6) is 5.75 Å². The zero-order valence-electron chi connectivity index (χ0n) is 16.0. The Morgan fingerprint density at radius 1 is 1.11 bits per heavy atom. The molecular weight excluding hydrogens is 364 g/mol. The highest BCUT2D eigenvalue weighted by molar-refractivity contribution is 7.89. The molecule has 0 atom stereocenters. The molecule has 1 N–H and O–H groups in total. The van der Waals surface area contributed by atoms with E-state index in [1.54, 1.807) is 38.4 Å². The van der Waals surface area contributed by atoms with Crippen LogP contribution in [0.2, 0.25) is 0 Å². The zero-order valence-corrected chi connectivity index (χ0v) is 16.8. The van der Waals surface area contributed by atoms with Crippen LogP contribution in [0, 0.1) is 13.8 Å². The first kappa shape index (κ1) is 19.6. The number of methoxy groups -OCH3 is 1. The van der Waals surface area contributed by atoms with E-state index in [4.69, 9.17) is 4.74 Å². The highest BCUT2D eigenvalue weighted by Crippen LogP contribution is 2.26. The van der Waals surface area contributed by atoms with Gasteiger partial charge in [-0.25, -0.2) is 23.1 Å². The Bertz CT molecular complexity index is 909. The van der Waals surface area contributed by atoms with Crippen molar-refractivity contribution in [3.63, 3.8) is 0 Å². The molecule has 0 aliphatic carbocycles. The van der Waals surface area contributed by atoms with Gasteiger partial charge in [0.05, 0.1) is 24.2 Å². The molecule has 0 bridgehead atoms. The number of aromatic nitrogens is 2. The molecular formula is C19H26N4O3S. The predicted molar refractivity (Wildman–Crippen MR) is 105 cm³/mol. The summed E-state index contributed by atoms with van der Waals surface area (Å²) in [5.74, 6) is 1.34. The van der Waals surface area contributed by atoms with Gasteiger partial charge < -0.3 is 9.64 Å². The maximum atomic E-state index is 12.8. The van der Waals surface area contributed by atoms with Gasteiger partial charge >= 0.3 is 0 Å². The SMILES string of the molecule is COc1ccc(S(=O)(=O)NCc2ccnc(N3CCCCC3)n2)c(C)c1C. The van der Waals surface area contributed by atoms with Crippen molar-refractivity contribution in [1.82, 2.24) is 14.7 Å². The van der Waals surface area contributed by atoms with Crippen LogP contribution in [0.15, 0.2) is 29.3 Å². The Labute approximate surface area is 160 Å². The number of nitrogens with zero attached hydrogens (tertiary/aromatic N) is 3. The van der Waals surface area contributed by atoms with Gasteiger partial charge in [-0.15, -0.1) is 0 Å². The smallest absolute Gasteiger partial charge is 0.241 e. The molecule has 1 aliphatic rings. The summed E-state index contributed by atoms with van der Waals surface area (Å²) in [6.45, 7) is 5.64. The number of hydrogen-bond acceptors (Lipinski definition) is 6. The molecule has 27 heavy (non-hydrogen) atoms. The topological polar surface area (TPSA) is 84.4 Å². The van der Waals surface area contributed by atoms with Gasteiger partial charge in [0, 0.05) is 19.3 Å². The Balaban J connectivity index is 1.75. The molecule has 1 fully saturated rings. The number of rotatable bonds is 6. The third kappa shape index (κ3) is 4.39. The second-order valence-corrected chi connectivity index (χ2v) is 8.47. The summed E-state index contributed by atoms with van der Waals surface area (Å²) >= 11 is 0. The fourth-order valence-corrected chi connectivity index (χ4v) is 4.56. The Hall–Kier alpha value is -2.19. The minimum absolute atomic E-state index is 0.121. The first-order valence-electron chi connectivity index (χ1n) is 9.13. The van der Waals surface area contributed by atoms with E-state index in [1.165, 1.54) is 6.42 Å². The third-order valence-electron chi connectivity index (χ3n) is 4.98. The van der Waals surface area contributed by atoms with Crippen LogP contribution in [0.4, 0.5) is 5.95 Å². The van der Waals surface area contributed by atoms with Crippen molar-refractivity contribution in [2.45, 2.75) is 44.6 Å². The summed E-state index contributed by atoms with van der Waals surface area (Å²) in [6.07, 6.45) is 5.19. The molecule has 0 spiro atoms.